The summed E-state index contributed by atoms with van der Waals surface area (Å²) in [5.41, 5.74) is 2.62. The third kappa shape index (κ3) is 4.82. The molecule has 1 saturated heterocycles. The highest BCUT2D eigenvalue weighted by atomic mass is 32.2. The molecule has 2 aromatic rings. The Hall–Kier alpha value is -2.32. The Balaban J connectivity index is 1.31. The number of amides is 1. The smallest absolute Gasteiger partial charge is 0.251 e. The number of aliphatic imine (C=N–C) groups is 1. The molecule has 4 rings (SSSR count). The fourth-order valence-electron chi connectivity index (χ4n) is 3.49. The van der Waals surface area contributed by atoms with Gasteiger partial charge in [0.2, 0.25) is 0 Å². The molecule has 2 aliphatic heterocycles. The van der Waals surface area contributed by atoms with E-state index in [1.807, 2.05) is 30.3 Å². The number of hydrogen-bond donors (Lipinski definition) is 2. The molecule has 0 aromatic heterocycles. The molecular formula is C21H23N3O3S2. The van der Waals surface area contributed by atoms with E-state index in [4.69, 9.17) is 0 Å². The lowest BCUT2D eigenvalue weighted by Gasteiger charge is -2.13. The van der Waals surface area contributed by atoms with Crippen LogP contribution in [0, 0.1) is 0 Å². The standard InChI is InChI=1S/C21H23N3O3S2/c1-14(15-5-3-2-4-6-15)11-22-20(25)16-7-9-17(10-8-16)23-21-24-18-12-29(26,27)13-19(18)28-21/h2-10,14,18-19H,11-13H2,1H3,(H,22,25)(H,23,24)/t14-,18+,19+/m1/s1. The number of benzene rings is 2. The quantitative estimate of drug-likeness (QED) is 0.763. The van der Waals surface area contributed by atoms with E-state index < -0.39 is 9.84 Å². The van der Waals surface area contributed by atoms with Crippen molar-refractivity contribution >= 4 is 38.4 Å². The predicted octanol–water partition coefficient (Wildman–Crippen LogP) is 2.90. The maximum absolute atomic E-state index is 12.4. The number of anilines is 1. The van der Waals surface area contributed by atoms with Gasteiger partial charge in [-0.3, -0.25) is 9.79 Å². The Bertz CT molecular complexity index is 1020. The minimum absolute atomic E-state index is 0.0131. The molecule has 0 unspecified atom stereocenters. The maximum atomic E-state index is 12.4. The number of rotatable bonds is 5. The van der Waals surface area contributed by atoms with Gasteiger partial charge in [-0.05, 0) is 35.7 Å². The summed E-state index contributed by atoms with van der Waals surface area (Å²) < 4.78 is 23.3. The molecule has 0 bridgehead atoms. The molecule has 0 spiro atoms. The third-order valence-corrected chi connectivity index (χ3v) is 8.30. The summed E-state index contributed by atoms with van der Waals surface area (Å²) >= 11 is 1.48. The van der Waals surface area contributed by atoms with E-state index in [0.717, 1.165) is 10.9 Å². The molecule has 6 nitrogen and oxygen atoms in total. The first-order valence-electron chi connectivity index (χ1n) is 9.55. The lowest BCUT2D eigenvalue weighted by atomic mass is 10.0. The average molecular weight is 430 g/mol. The van der Waals surface area contributed by atoms with Crippen LogP contribution < -0.4 is 10.6 Å². The van der Waals surface area contributed by atoms with Gasteiger partial charge in [-0.25, -0.2) is 8.42 Å². The van der Waals surface area contributed by atoms with E-state index in [9.17, 15) is 13.2 Å². The highest BCUT2D eigenvalue weighted by molar-refractivity contribution is 8.15. The number of nitrogens with one attached hydrogen (secondary N) is 2. The Labute approximate surface area is 175 Å². The zero-order chi connectivity index (χ0) is 20.4. The number of carbonyl (C=O) groups excluding carboxylic acids is 1. The molecule has 2 N–H and O–H groups in total. The minimum Gasteiger partial charge on any atom is -0.351 e. The minimum atomic E-state index is -2.95. The summed E-state index contributed by atoms with van der Waals surface area (Å²) in [6.45, 7) is 2.66. The predicted molar refractivity (Wildman–Crippen MR) is 119 cm³/mol. The number of hydrogen-bond acceptors (Lipinski definition) is 6. The van der Waals surface area contributed by atoms with Crippen LogP contribution in [0.5, 0.6) is 0 Å². The van der Waals surface area contributed by atoms with Gasteiger partial charge in [-0.15, -0.1) is 0 Å². The maximum Gasteiger partial charge on any atom is 0.251 e. The lowest BCUT2D eigenvalue weighted by Crippen LogP contribution is -2.27. The molecule has 2 aromatic carbocycles. The average Bonchev–Trinajstić information content (AvgIpc) is 3.19. The molecule has 152 valence electrons. The molecule has 0 radical (unpaired) electrons. The van der Waals surface area contributed by atoms with Crippen molar-refractivity contribution < 1.29 is 13.2 Å². The van der Waals surface area contributed by atoms with Crippen molar-refractivity contribution in [2.75, 3.05) is 23.4 Å². The van der Waals surface area contributed by atoms with E-state index in [0.29, 0.717) is 12.1 Å². The van der Waals surface area contributed by atoms with Crippen LogP contribution in [0.15, 0.2) is 59.6 Å². The zero-order valence-corrected chi connectivity index (χ0v) is 17.7. The first-order valence-corrected chi connectivity index (χ1v) is 12.2. The van der Waals surface area contributed by atoms with Gasteiger partial charge in [-0.1, -0.05) is 49.0 Å². The van der Waals surface area contributed by atoms with Crippen LogP contribution in [-0.2, 0) is 9.84 Å². The third-order valence-electron chi connectivity index (χ3n) is 5.15. The van der Waals surface area contributed by atoms with E-state index in [-0.39, 0.29) is 34.6 Å². The molecule has 1 fully saturated rings. The highest BCUT2D eigenvalue weighted by Crippen LogP contribution is 2.34. The van der Waals surface area contributed by atoms with Gasteiger partial charge in [0.15, 0.2) is 15.0 Å². The molecule has 0 saturated carbocycles. The fourth-order valence-corrected chi connectivity index (χ4v) is 7.17. The highest BCUT2D eigenvalue weighted by Gasteiger charge is 2.42. The van der Waals surface area contributed by atoms with Crippen LogP contribution in [0.2, 0.25) is 0 Å². The first-order chi connectivity index (χ1) is 13.9. The van der Waals surface area contributed by atoms with Crippen molar-refractivity contribution in [3.63, 3.8) is 0 Å². The van der Waals surface area contributed by atoms with Gasteiger partial charge in [0.05, 0.1) is 17.5 Å². The van der Waals surface area contributed by atoms with Crippen molar-refractivity contribution in [2.45, 2.75) is 24.1 Å². The van der Waals surface area contributed by atoms with Gasteiger partial charge in [0.1, 0.15) is 0 Å². The Kier molecular flexibility index (Phi) is 5.65. The van der Waals surface area contributed by atoms with Gasteiger partial charge in [-0.2, -0.15) is 0 Å². The van der Waals surface area contributed by atoms with Crippen LogP contribution >= 0.6 is 11.8 Å². The zero-order valence-electron chi connectivity index (χ0n) is 16.0. The number of fused-ring (bicyclic) bond motifs is 1. The topological polar surface area (TPSA) is 87.6 Å². The van der Waals surface area contributed by atoms with Gasteiger partial charge in [0, 0.05) is 23.0 Å². The first kappa shape index (κ1) is 20.0. The monoisotopic (exact) mass is 429 g/mol. The van der Waals surface area contributed by atoms with E-state index in [1.54, 1.807) is 12.1 Å². The number of sulfone groups is 1. The summed E-state index contributed by atoms with van der Waals surface area (Å²) in [6, 6.07) is 17.2. The Morgan fingerprint density at radius 1 is 1.14 bits per heavy atom. The summed E-state index contributed by atoms with van der Waals surface area (Å²) in [4.78, 5) is 16.9. The van der Waals surface area contributed by atoms with Crippen LogP contribution in [0.3, 0.4) is 0 Å². The van der Waals surface area contributed by atoms with Crippen molar-refractivity contribution in [2.24, 2.45) is 4.99 Å². The summed E-state index contributed by atoms with van der Waals surface area (Å²) in [7, 11) is -2.95. The van der Waals surface area contributed by atoms with Gasteiger partial charge < -0.3 is 10.6 Å². The van der Waals surface area contributed by atoms with Crippen molar-refractivity contribution in [1.82, 2.24) is 5.32 Å². The largest absolute Gasteiger partial charge is 0.351 e. The molecule has 0 aliphatic carbocycles. The van der Waals surface area contributed by atoms with Gasteiger partial charge in [0.25, 0.3) is 5.91 Å². The van der Waals surface area contributed by atoms with Crippen LogP contribution in [0.4, 0.5) is 5.69 Å². The second-order valence-electron chi connectivity index (χ2n) is 7.46. The molecule has 2 aliphatic rings. The molecule has 1 amide bonds. The normalized spacial score (nSPS) is 23.1. The fraction of sp³-hybridized carbons (Fsp3) is 0.333. The van der Waals surface area contributed by atoms with Crippen LogP contribution in [-0.4, -0.2) is 48.8 Å². The van der Waals surface area contributed by atoms with E-state index >= 15 is 0 Å². The molecule has 29 heavy (non-hydrogen) atoms. The summed E-state index contributed by atoms with van der Waals surface area (Å²) in [5, 5.41) is 6.95. The van der Waals surface area contributed by atoms with E-state index in [2.05, 4.69) is 34.7 Å². The number of amidine groups is 1. The summed E-state index contributed by atoms with van der Waals surface area (Å²) in [5.74, 6) is 0.460. The number of thioether (sulfide) groups is 1. The van der Waals surface area contributed by atoms with Gasteiger partial charge >= 0.3 is 0 Å². The van der Waals surface area contributed by atoms with Crippen LogP contribution in [0.1, 0.15) is 28.8 Å². The molecule has 8 heteroatoms. The second kappa shape index (κ2) is 8.20. The van der Waals surface area contributed by atoms with Crippen LogP contribution in [0.25, 0.3) is 0 Å². The van der Waals surface area contributed by atoms with Crippen molar-refractivity contribution in [3.8, 4) is 0 Å². The lowest BCUT2D eigenvalue weighted by molar-refractivity contribution is 0.0951. The van der Waals surface area contributed by atoms with Crippen molar-refractivity contribution in [1.29, 1.82) is 0 Å². The number of carbonyl (C=O) groups is 1. The Morgan fingerprint density at radius 3 is 2.55 bits per heavy atom. The van der Waals surface area contributed by atoms with Crippen molar-refractivity contribution in [3.05, 3.63) is 65.7 Å². The second-order valence-corrected chi connectivity index (χ2v) is 10.8. The summed E-state index contributed by atoms with van der Waals surface area (Å²) in [6.07, 6.45) is 0. The SMILES string of the molecule is C[C@H](CNC(=O)c1ccc(NC2=N[C@H]3CS(=O)(=O)C[C@@H]3S2)cc1)c1ccccc1. The molecule has 2 heterocycles. The Morgan fingerprint density at radius 2 is 1.86 bits per heavy atom. The van der Waals surface area contributed by atoms with E-state index in [1.165, 1.54) is 17.3 Å². The molecular weight excluding hydrogens is 406 g/mol. The number of nitrogens with zero attached hydrogens (tertiary/aromatic N) is 1. The molecule has 3 atom stereocenters.